The van der Waals surface area contributed by atoms with Crippen LogP contribution >= 0.6 is 0 Å². The molecule has 0 aromatic heterocycles. The summed E-state index contributed by atoms with van der Waals surface area (Å²) in [6.45, 7) is 4.87. The molecule has 0 aliphatic carbocycles. The van der Waals surface area contributed by atoms with E-state index in [1.54, 1.807) is 0 Å². The van der Waals surface area contributed by atoms with Crippen LogP contribution in [0.1, 0.15) is 13.8 Å². The molecule has 1 rings (SSSR count). The fraction of sp³-hybridized carbons (Fsp3) is 0.833. The Labute approximate surface area is 54.4 Å². The van der Waals surface area contributed by atoms with Gasteiger partial charge >= 0.3 is 5.97 Å². The lowest BCUT2D eigenvalue weighted by Gasteiger charge is -2.03. The number of ether oxygens (including phenoxy) is 1. The molecule has 3 nitrogen and oxygen atoms in total. The lowest BCUT2D eigenvalue weighted by atomic mass is 10.2. The van der Waals surface area contributed by atoms with E-state index in [9.17, 15) is 4.79 Å². The molecule has 1 fully saturated rings. The highest BCUT2D eigenvalue weighted by atomic mass is 16.5. The average Bonchev–Trinajstić information content (AvgIpc) is 2.50. The topological polar surface area (TPSA) is 48.2 Å². The molecule has 1 aliphatic heterocycles. The Kier molecular flexibility index (Phi) is 1.45. The molecule has 1 aliphatic rings. The molecular formula is C6H11NO2. The van der Waals surface area contributed by atoms with Crippen molar-refractivity contribution < 1.29 is 9.53 Å². The Balaban J connectivity index is 2.34. The Bertz CT molecular complexity index is 129. The van der Waals surface area contributed by atoms with Gasteiger partial charge in [-0.15, -0.1) is 0 Å². The zero-order valence-electron chi connectivity index (χ0n) is 5.73. The summed E-state index contributed by atoms with van der Waals surface area (Å²) in [5.74, 6) is -0.134. The molecule has 1 heterocycles. The molecule has 9 heavy (non-hydrogen) atoms. The maximum absolute atomic E-state index is 10.8. The van der Waals surface area contributed by atoms with Gasteiger partial charge in [0.1, 0.15) is 5.54 Å². The van der Waals surface area contributed by atoms with Gasteiger partial charge in [0.05, 0.1) is 6.61 Å². The van der Waals surface area contributed by atoms with Crippen molar-refractivity contribution >= 4 is 5.97 Å². The highest BCUT2D eigenvalue weighted by molar-refractivity contribution is 5.83. The van der Waals surface area contributed by atoms with Gasteiger partial charge in [0, 0.05) is 6.54 Å². The van der Waals surface area contributed by atoms with E-state index in [0.29, 0.717) is 6.61 Å². The Hall–Kier alpha value is -0.570. The second-order valence-electron chi connectivity index (χ2n) is 2.41. The number of hydrogen-bond acceptors (Lipinski definition) is 3. The summed E-state index contributed by atoms with van der Waals surface area (Å²) in [4.78, 5) is 10.8. The number of esters is 1. The van der Waals surface area contributed by atoms with Crippen LogP contribution < -0.4 is 5.32 Å². The first kappa shape index (κ1) is 6.55. The predicted molar refractivity (Wildman–Crippen MR) is 33.0 cm³/mol. The minimum Gasteiger partial charge on any atom is -0.465 e. The van der Waals surface area contributed by atoms with Crippen LogP contribution in [0.4, 0.5) is 0 Å². The van der Waals surface area contributed by atoms with Crippen molar-refractivity contribution in [3.8, 4) is 0 Å². The quantitative estimate of drug-likeness (QED) is 0.418. The average molecular weight is 129 g/mol. The number of hydrogen-bond donors (Lipinski definition) is 1. The summed E-state index contributed by atoms with van der Waals surface area (Å²) in [5.41, 5.74) is -0.351. The van der Waals surface area contributed by atoms with Crippen LogP contribution in [0.15, 0.2) is 0 Å². The lowest BCUT2D eigenvalue weighted by Crippen LogP contribution is -2.26. The van der Waals surface area contributed by atoms with Crippen LogP contribution in [0.5, 0.6) is 0 Å². The molecule has 1 atom stereocenters. The number of carbonyl (C=O) groups is 1. The van der Waals surface area contributed by atoms with E-state index in [0.717, 1.165) is 6.54 Å². The molecule has 0 unspecified atom stereocenters. The van der Waals surface area contributed by atoms with Crippen LogP contribution in [0.2, 0.25) is 0 Å². The highest BCUT2D eigenvalue weighted by Crippen LogP contribution is 2.16. The highest BCUT2D eigenvalue weighted by Gasteiger charge is 2.45. The van der Waals surface area contributed by atoms with E-state index in [4.69, 9.17) is 4.74 Å². The lowest BCUT2D eigenvalue weighted by molar-refractivity contribution is -0.145. The number of carbonyl (C=O) groups excluding carboxylic acids is 1. The normalized spacial score (nSPS) is 31.8. The molecule has 52 valence electrons. The first-order chi connectivity index (χ1) is 4.19. The SMILES string of the molecule is CCOC(=O)[C@]1(C)CN1. The predicted octanol–water partition coefficient (Wildman–Crippen LogP) is -0.0886. The maximum Gasteiger partial charge on any atom is 0.327 e. The van der Waals surface area contributed by atoms with Crippen molar-refractivity contribution in [3.63, 3.8) is 0 Å². The minimum atomic E-state index is -0.351. The summed E-state index contributed by atoms with van der Waals surface area (Å²) in [7, 11) is 0. The van der Waals surface area contributed by atoms with E-state index in [2.05, 4.69) is 5.32 Å². The molecule has 0 aromatic carbocycles. The van der Waals surface area contributed by atoms with Gasteiger partial charge < -0.3 is 4.74 Å². The third-order valence-electron chi connectivity index (χ3n) is 1.43. The molecule has 0 spiro atoms. The molecular weight excluding hydrogens is 118 g/mol. The zero-order chi connectivity index (χ0) is 6.91. The van der Waals surface area contributed by atoms with E-state index in [-0.39, 0.29) is 11.5 Å². The summed E-state index contributed by atoms with van der Waals surface area (Å²) in [5, 5.41) is 2.92. The molecule has 0 amide bonds. The van der Waals surface area contributed by atoms with Gasteiger partial charge in [-0.3, -0.25) is 10.1 Å². The van der Waals surface area contributed by atoms with Crippen LogP contribution in [0.3, 0.4) is 0 Å². The third-order valence-corrected chi connectivity index (χ3v) is 1.43. The Morgan fingerprint density at radius 2 is 2.44 bits per heavy atom. The minimum absolute atomic E-state index is 0.134. The van der Waals surface area contributed by atoms with Crippen molar-refractivity contribution in [3.05, 3.63) is 0 Å². The van der Waals surface area contributed by atoms with E-state index in [1.807, 2.05) is 13.8 Å². The van der Waals surface area contributed by atoms with Crippen LogP contribution in [-0.4, -0.2) is 24.7 Å². The van der Waals surface area contributed by atoms with Gasteiger partial charge in [0.2, 0.25) is 0 Å². The number of nitrogens with one attached hydrogen (secondary N) is 1. The van der Waals surface area contributed by atoms with Gasteiger partial charge in [-0.2, -0.15) is 0 Å². The van der Waals surface area contributed by atoms with Crippen molar-refractivity contribution in [2.75, 3.05) is 13.2 Å². The van der Waals surface area contributed by atoms with Gasteiger partial charge in [0.15, 0.2) is 0 Å². The molecule has 1 saturated heterocycles. The molecule has 0 radical (unpaired) electrons. The Morgan fingerprint density at radius 3 is 2.78 bits per heavy atom. The van der Waals surface area contributed by atoms with Crippen molar-refractivity contribution in [1.82, 2.24) is 5.32 Å². The number of rotatable bonds is 2. The molecule has 0 bridgehead atoms. The smallest absolute Gasteiger partial charge is 0.327 e. The molecule has 0 saturated carbocycles. The summed E-state index contributed by atoms with van der Waals surface area (Å²) in [6.07, 6.45) is 0. The second kappa shape index (κ2) is 1.99. The van der Waals surface area contributed by atoms with E-state index < -0.39 is 0 Å². The van der Waals surface area contributed by atoms with E-state index in [1.165, 1.54) is 0 Å². The fourth-order valence-corrected chi connectivity index (χ4v) is 0.567. The van der Waals surface area contributed by atoms with Crippen molar-refractivity contribution in [2.24, 2.45) is 0 Å². The van der Waals surface area contributed by atoms with Gasteiger partial charge in [0.25, 0.3) is 0 Å². The molecule has 3 heteroatoms. The first-order valence-corrected chi connectivity index (χ1v) is 3.11. The summed E-state index contributed by atoms with van der Waals surface area (Å²) < 4.78 is 4.77. The molecule has 1 N–H and O–H groups in total. The Morgan fingerprint density at radius 1 is 1.89 bits per heavy atom. The van der Waals surface area contributed by atoms with Crippen LogP contribution in [0, 0.1) is 0 Å². The zero-order valence-corrected chi connectivity index (χ0v) is 5.73. The first-order valence-electron chi connectivity index (χ1n) is 3.11. The van der Waals surface area contributed by atoms with Gasteiger partial charge in [-0.25, -0.2) is 0 Å². The summed E-state index contributed by atoms with van der Waals surface area (Å²) in [6, 6.07) is 0. The van der Waals surface area contributed by atoms with Gasteiger partial charge in [-0.05, 0) is 13.8 Å². The fourth-order valence-electron chi connectivity index (χ4n) is 0.567. The third kappa shape index (κ3) is 1.21. The second-order valence-corrected chi connectivity index (χ2v) is 2.41. The standard InChI is InChI=1S/C6H11NO2/c1-3-9-5(8)6(2)4-7-6/h7H,3-4H2,1-2H3/t6-/m0/s1. The van der Waals surface area contributed by atoms with Crippen LogP contribution in [-0.2, 0) is 9.53 Å². The van der Waals surface area contributed by atoms with Crippen LogP contribution in [0.25, 0.3) is 0 Å². The summed E-state index contributed by atoms with van der Waals surface area (Å²) >= 11 is 0. The van der Waals surface area contributed by atoms with Crippen molar-refractivity contribution in [2.45, 2.75) is 19.4 Å². The monoisotopic (exact) mass is 129 g/mol. The molecule has 0 aromatic rings. The van der Waals surface area contributed by atoms with E-state index >= 15 is 0 Å². The largest absolute Gasteiger partial charge is 0.465 e. The maximum atomic E-state index is 10.8. The van der Waals surface area contributed by atoms with Gasteiger partial charge in [-0.1, -0.05) is 0 Å². The van der Waals surface area contributed by atoms with Crippen molar-refractivity contribution in [1.29, 1.82) is 0 Å².